The molecule has 2 aromatic rings. The molecule has 0 radical (unpaired) electrons. The molecule has 5 nitrogen and oxygen atoms in total. The predicted octanol–water partition coefficient (Wildman–Crippen LogP) is 3.63. The Morgan fingerprint density at radius 2 is 1.89 bits per heavy atom. The molecule has 0 atom stereocenters. The maximum absolute atomic E-state index is 5.38. The number of rotatable bonds is 6. The minimum Gasteiger partial charge on any atom is -0.497 e. The van der Waals surface area contributed by atoms with E-state index in [0.29, 0.717) is 6.04 Å². The summed E-state index contributed by atoms with van der Waals surface area (Å²) in [6.45, 7) is 11.0. The van der Waals surface area contributed by atoms with E-state index < -0.39 is 0 Å². The molecule has 1 fully saturated rings. The van der Waals surface area contributed by atoms with Gasteiger partial charge in [0.25, 0.3) is 0 Å². The highest BCUT2D eigenvalue weighted by Crippen LogP contribution is 2.28. The molecule has 1 aromatic heterocycles. The standard InChI is InChI=1S/C22H32N4O/c1-17(2)26-22-16-25(14-18-7-6-8-19(13-18)27-3)12-9-20(22)21(23-26)15-24-10-4-5-11-24/h6-8,13,17H,4-5,9-12,14-16H2,1-3H3. The van der Waals surface area contributed by atoms with Crippen LogP contribution in [-0.4, -0.2) is 46.3 Å². The first-order valence-electron chi connectivity index (χ1n) is 10.3. The van der Waals surface area contributed by atoms with E-state index in [2.05, 4.69) is 46.5 Å². The molecule has 0 unspecified atom stereocenters. The van der Waals surface area contributed by atoms with Crippen LogP contribution in [0, 0.1) is 0 Å². The number of hydrogen-bond donors (Lipinski definition) is 0. The first-order chi connectivity index (χ1) is 13.1. The van der Waals surface area contributed by atoms with Crippen LogP contribution in [0.15, 0.2) is 24.3 Å². The second-order valence-electron chi connectivity index (χ2n) is 8.21. The largest absolute Gasteiger partial charge is 0.497 e. The third-order valence-electron chi connectivity index (χ3n) is 5.85. The lowest BCUT2D eigenvalue weighted by atomic mass is 10.0. The second kappa shape index (κ2) is 8.03. The fourth-order valence-corrected chi connectivity index (χ4v) is 4.44. The van der Waals surface area contributed by atoms with E-state index in [1.807, 2.05) is 6.07 Å². The van der Waals surface area contributed by atoms with E-state index >= 15 is 0 Å². The summed E-state index contributed by atoms with van der Waals surface area (Å²) in [6.07, 6.45) is 3.78. The molecular formula is C22H32N4O. The number of fused-ring (bicyclic) bond motifs is 1. The highest BCUT2D eigenvalue weighted by molar-refractivity contribution is 5.31. The average Bonchev–Trinajstić information content (AvgIpc) is 3.30. The summed E-state index contributed by atoms with van der Waals surface area (Å²) in [6, 6.07) is 8.83. The molecule has 1 saturated heterocycles. The van der Waals surface area contributed by atoms with Crippen LogP contribution >= 0.6 is 0 Å². The number of hydrogen-bond acceptors (Lipinski definition) is 4. The molecule has 4 rings (SSSR count). The summed E-state index contributed by atoms with van der Waals surface area (Å²) in [5, 5.41) is 5.05. The van der Waals surface area contributed by atoms with Crippen LogP contribution < -0.4 is 4.74 Å². The SMILES string of the molecule is COc1cccc(CN2CCc3c(CN4CCCC4)nn(C(C)C)c3C2)c1. The Bertz CT molecular complexity index is 777. The van der Waals surface area contributed by atoms with Crippen LogP contribution in [0.2, 0.25) is 0 Å². The van der Waals surface area contributed by atoms with Gasteiger partial charge in [-0.15, -0.1) is 0 Å². The van der Waals surface area contributed by atoms with Crippen molar-refractivity contribution in [3.8, 4) is 5.75 Å². The lowest BCUT2D eigenvalue weighted by Crippen LogP contribution is -2.31. The Labute approximate surface area is 162 Å². The van der Waals surface area contributed by atoms with Gasteiger partial charge in [0.2, 0.25) is 0 Å². The van der Waals surface area contributed by atoms with Gasteiger partial charge in [-0.2, -0.15) is 5.10 Å². The fraction of sp³-hybridized carbons (Fsp3) is 0.591. The van der Waals surface area contributed by atoms with Gasteiger partial charge in [-0.25, -0.2) is 0 Å². The van der Waals surface area contributed by atoms with Gasteiger partial charge in [0.15, 0.2) is 0 Å². The zero-order chi connectivity index (χ0) is 18.8. The van der Waals surface area contributed by atoms with Crippen molar-refractivity contribution < 1.29 is 4.74 Å². The van der Waals surface area contributed by atoms with Crippen molar-refractivity contribution in [3.05, 3.63) is 46.8 Å². The molecule has 2 aliphatic rings. The van der Waals surface area contributed by atoms with Gasteiger partial charge in [0.05, 0.1) is 18.5 Å². The maximum atomic E-state index is 5.38. The number of nitrogens with zero attached hydrogens (tertiary/aromatic N) is 4. The Morgan fingerprint density at radius 1 is 1.07 bits per heavy atom. The van der Waals surface area contributed by atoms with E-state index in [0.717, 1.165) is 38.3 Å². The minimum atomic E-state index is 0.405. The summed E-state index contributed by atoms with van der Waals surface area (Å²) in [5.41, 5.74) is 5.57. The summed E-state index contributed by atoms with van der Waals surface area (Å²) >= 11 is 0. The number of likely N-dealkylation sites (tertiary alicyclic amines) is 1. The number of ether oxygens (including phenoxy) is 1. The summed E-state index contributed by atoms with van der Waals surface area (Å²) < 4.78 is 7.66. The van der Waals surface area contributed by atoms with Crippen LogP contribution in [0.4, 0.5) is 0 Å². The number of aromatic nitrogens is 2. The first kappa shape index (κ1) is 18.5. The average molecular weight is 369 g/mol. The van der Waals surface area contributed by atoms with E-state index in [1.165, 1.54) is 48.4 Å². The molecule has 0 amide bonds. The molecule has 5 heteroatoms. The van der Waals surface area contributed by atoms with Gasteiger partial charge in [-0.05, 0) is 63.9 Å². The lowest BCUT2D eigenvalue weighted by Gasteiger charge is -2.29. The summed E-state index contributed by atoms with van der Waals surface area (Å²) in [7, 11) is 1.73. The smallest absolute Gasteiger partial charge is 0.119 e. The van der Waals surface area contributed by atoms with Gasteiger partial charge in [0, 0.05) is 37.8 Å². The molecule has 2 aliphatic heterocycles. The zero-order valence-corrected chi connectivity index (χ0v) is 16.9. The van der Waals surface area contributed by atoms with E-state index in [1.54, 1.807) is 7.11 Å². The van der Waals surface area contributed by atoms with Crippen LogP contribution in [0.3, 0.4) is 0 Å². The molecule has 0 spiro atoms. The van der Waals surface area contributed by atoms with Gasteiger partial charge in [-0.3, -0.25) is 14.5 Å². The Kier molecular flexibility index (Phi) is 5.50. The van der Waals surface area contributed by atoms with Crippen molar-refractivity contribution in [2.75, 3.05) is 26.7 Å². The summed E-state index contributed by atoms with van der Waals surface area (Å²) in [5.74, 6) is 0.935. The van der Waals surface area contributed by atoms with E-state index in [-0.39, 0.29) is 0 Å². The van der Waals surface area contributed by atoms with Crippen LogP contribution in [0.25, 0.3) is 0 Å². The Hall–Kier alpha value is -1.85. The molecular weight excluding hydrogens is 336 g/mol. The predicted molar refractivity (Wildman–Crippen MR) is 108 cm³/mol. The molecule has 1 aromatic carbocycles. The van der Waals surface area contributed by atoms with Crippen LogP contribution in [0.1, 0.15) is 55.2 Å². The van der Waals surface area contributed by atoms with Gasteiger partial charge in [-0.1, -0.05) is 12.1 Å². The number of methoxy groups -OCH3 is 1. The highest BCUT2D eigenvalue weighted by Gasteiger charge is 2.27. The van der Waals surface area contributed by atoms with Crippen molar-refractivity contribution in [1.29, 1.82) is 0 Å². The van der Waals surface area contributed by atoms with Crippen molar-refractivity contribution in [1.82, 2.24) is 19.6 Å². The maximum Gasteiger partial charge on any atom is 0.119 e. The van der Waals surface area contributed by atoms with Crippen molar-refractivity contribution in [2.24, 2.45) is 0 Å². The first-order valence-corrected chi connectivity index (χ1v) is 10.3. The number of benzene rings is 1. The third-order valence-corrected chi connectivity index (χ3v) is 5.85. The summed E-state index contributed by atoms with van der Waals surface area (Å²) in [4.78, 5) is 5.10. The monoisotopic (exact) mass is 368 g/mol. The van der Waals surface area contributed by atoms with Gasteiger partial charge in [0.1, 0.15) is 5.75 Å². The van der Waals surface area contributed by atoms with Crippen molar-refractivity contribution in [2.45, 2.75) is 58.8 Å². The molecule has 0 aliphatic carbocycles. The zero-order valence-electron chi connectivity index (χ0n) is 16.9. The van der Waals surface area contributed by atoms with E-state index in [9.17, 15) is 0 Å². The second-order valence-corrected chi connectivity index (χ2v) is 8.21. The lowest BCUT2D eigenvalue weighted by molar-refractivity contribution is 0.234. The molecule has 3 heterocycles. The van der Waals surface area contributed by atoms with Crippen LogP contribution in [-0.2, 0) is 26.1 Å². The Morgan fingerprint density at radius 3 is 2.63 bits per heavy atom. The Balaban J connectivity index is 1.52. The topological polar surface area (TPSA) is 33.5 Å². The van der Waals surface area contributed by atoms with Gasteiger partial charge < -0.3 is 4.74 Å². The minimum absolute atomic E-state index is 0.405. The normalized spacial score (nSPS) is 18.2. The van der Waals surface area contributed by atoms with Crippen molar-refractivity contribution in [3.63, 3.8) is 0 Å². The molecule has 0 saturated carbocycles. The van der Waals surface area contributed by atoms with Crippen LogP contribution in [0.5, 0.6) is 5.75 Å². The van der Waals surface area contributed by atoms with Crippen molar-refractivity contribution >= 4 is 0 Å². The third kappa shape index (κ3) is 4.04. The molecule has 146 valence electrons. The molecule has 0 bridgehead atoms. The quantitative estimate of drug-likeness (QED) is 0.780. The molecule has 0 N–H and O–H groups in total. The van der Waals surface area contributed by atoms with E-state index in [4.69, 9.17) is 9.84 Å². The highest BCUT2D eigenvalue weighted by atomic mass is 16.5. The fourth-order valence-electron chi connectivity index (χ4n) is 4.44. The molecule has 27 heavy (non-hydrogen) atoms. The van der Waals surface area contributed by atoms with Gasteiger partial charge >= 0.3 is 0 Å².